The Morgan fingerprint density at radius 2 is 1.80 bits per heavy atom. The van der Waals surface area contributed by atoms with E-state index in [9.17, 15) is 14.7 Å². The summed E-state index contributed by atoms with van der Waals surface area (Å²) in [5.74, 6) is -1.04. The number of amides is 1. The number of carbonyl (C=O) groups is 2. The van der Waals surface area contributed by atoms with Gasteiger partial charge in [-0.05, 0) is 29.7 Å². The molecule has 1 amide bonds. The van der Waals surface area contributed by atoms with Crippen LogP contribution in [-0.2, 0) is 11.3 Å². The van der Waals surface area contributed by atoms with E-state index in [1.807, 2.05) is 36.1 Å². The molecule has 3 rings (SSSR count). The van der Waals surface area contributed by atoms with Crippen LogP contribution in [0.5, 0.6) is 0 Å². The Morgan fingerprint density at radius 3 is 2.44 bits per heavy atom. The minimum Gasteiger partial charge on any atom is -0.545 e. The Morgan fingerprint density at radius 1 is 1.12 bits per heavy atom. The molecule has 2 aromatic rings. The third kappa shape index (κ3) is 4.70. The maximum atomic E-state index is 12.3. The molecular weight excluding hydrogens is 327 g/mol. The zero-order valence-corrected chi connectivity index (χ0v) is 16.6. The molecule has 0 bridgehead atoms. The standard InChI is InChI=1S/C19H20N2O3.Na/c1-14-4-2-3-5-17(14)21-13-20(11-10-18(21)22)12-15-6-8-16(9-7-15)19(23)24;/h2-9H,10-13H2,1H3,(H,23,24);/q;+1/p-1. The van der Waals surface area contributed by atoms with Crippen molar-refractivity contribution in [3.05, 3.63) is 65.2 Å². The van der Waals surface area contributed by atoms with Crippen LogP contribution >= 0.6 is 0 Å². The molecule has 6 heteroatoms. The number of hydrogen-bond acceptors (Lipinski definition) is 4. The van der Waals surface area contributed by atoms with Gasteiger partial charge in [-0.1, -0.05) is 42.5 Å². The number of aryl methyl sites for hydroxylation is 1. The van der Waals surface area contributed by atoms with Crippen molar-refractivity contribution in [2.45, 2.75) is 19.9 Å². The average molecular weight is 346 g/mol. The number of hydrogen-bond donors (Lipinski definition) is 0. The molecule has 2 aromatic carbocycles. The second kappa shape index (κ2) is 8.63. The van der Waals surface area contributed by atoms with Crippen LogP contribution in [0.3, 0.4) is 0 Å². The maximum absolute atomic E-state index is 12.3. The van der Waals surface area contributed by atoms with Crippen LogP contribution in [0.15, 0.2) is 48.5 Å². The number of carbonyl (C=O) groups excluding carboxylic acids is 2. The molecule has 0 saturated carbocycles. The summed E-state index contributed by atoms with van der Waals surface area (Å²) in [5.41, 5.74) is 3.21. The van der Waals surface area contributed by atoms with Gasteiger partial charge in [0.05, 0.1) is 12.6 Å². The van der Waals surface area contributed by atoms with E-state index in [2.05, 4.69) is 4.90 Å². The van der Waals surface area contributed by atoms with Crippen molar-refractivity contribution >= 4 is 17.6 Å². The van der Waals surface area contributed by atoms with Crippen molar-refractivity contribution in [2.75, 3.05) is 18.1 Å². The Kier molecular flexibility index (Phi) is 6.79. The fourth-order valence-electron chi connectivity index (χ4n) is 2.95. The van der Waals surface area contributed by atoms with Crippen LogP contribution in [0.2, 0.25) is 0 Å². The zero-order valence-electron chi connectivity index (χ0n) is 14.6. The van der Waals surface area contributed by atoms with Gasteiger partial charge in [0.1, 0.15) is 0 Å². The van der Waals surface area contributed by atoms with Gasteiger partial charge < -0.3 is 9.90 Å². The topological polar surface area (TPSA) is 63.7 Å². The van der Waals surface area contributed by atoms with Crippen LogP contribution in [0.4, 0.5) is 5.69 Å². The van der Waals surface area contributed by atoms with E-state index < -0.39 is 5.97 Å². The molecule has 0 N–H and O–H groups in total. The number of para-hydroxylation sites is 1. The van der Waals surface area contributed by atoms with Crippen LogP contribution in [0.1, 0.15) is 27.9 Å². The van der Waals surface area contributed by atoms with Gasteiger partial charge in [0.2, 0.25) is 5.91 Å². The quantitative estimate of drug-likeness (QED) is 0.636. The summed E-state index contributed by atoms with van der Waals surface area (Å²) in [5, 5.41) is 10.8. The minimum atomic E-state index is -1.17. The molecule has 1 heterocycles. The molecule has 1 aliphatic heterocycles. The van der Waals surface area contributed by atoms with E-state index in [1.54, 1.807) is 24.3 Å². The molecule has 1 fully saturated rings. The summed E-state index contributed by atoms with van der Waals surface area (Å²) in [7, 11) is 0. The Balaban J connectivity index is 0.00000225. The summed E-state index contributed by atoms with van der Waals surface area (Å²) in [6, 6.07) is 14.6. The largest absolute Gasteiger partial charge is 1.00 e. The summed E-state index contributed by atoms with van der Waals surface area (Å²) in [6.45, 7) is 3.90. The van der Waals surface area contributed by atoms with Gasteiger partial charge in [-0.15, -0.1) is 0 Å². The fraction of sp³-hybridized carbons (Fsp3) is 0.263. The summed E-state index contributed by atoms with van der Waals surface area (Å²) < 4.78 is 0. The fourth-order valence-corrected chi connectivity index (χ4v) is 2.95. The average Bonchev–Trinajstić information content (AvgIpc) is 2.58. The monoisotopic (exact) mass is 346 g/mol. The number of carboxylic acids is 1. The van der Waals surface area contributed by atoms with E-state index in [0.29, 0.717) is 26.2 Å². The van der Waals surface area contributed by atoms with Gasteiger partial charge in [-0.3, -0.25) is 14.6 Å². The summed E-state index contributed by atoms with van der Waals surface area (Å²) in [6.07, 6.45) is 0.478. The molecule has 1 aliphatic rings. The molecule has 0 spiro atoms. The van der Waals surface area contributed by atoms with Crippen molar-refractivity contribution in [1.82, 2.24) is 4.90 Å². The third-order valence-electron chi connectivity index (χ3n) is 4.29. The SMILES string of the molecule is Cc1ccccc1N1CN(Cc2ccc(C(=O)[O-])cc2)CCC1=O.[Na+]. The Hall–Kier alpha value is -1.66. The Labute approximate surface area is 169 Å². The zero-order chi connectivity index (χ0) is 17.1. The molecule has 124 valence electrons. The maximum Gasteiger partial charge on any atom is 1.00 e. The molecule has 0 radical (unpaired) electrons. The molecule has 0 unspecified atom stereocenters. The van der Waals surface area contributed by atoms with Crippen LogP contribution in [0, 0.1) is 6.92 Å². The molecule has 0 atom stereocenters. The number of nitrogens with zero attached hydrogens (tertiary/aromatic N) is 2. The molecule has 0 aromatic heterocycles. The van der Waals surface area contributed by atoms with Crippen LogP contribution < -0.4 is 39.6 Å². The van der Waals surface area contributed by atoms with Gasteiger partial charge >= 0.3 is 29.6 Å². The van der Waals surface area contributed by atoms with E-state index in [0.717, 1.165) is 16.8 Å². The van der Waals surface area contributed by atoms with Crippen LogP contribution in [0.25, 0.3) is 0 Å². The normalized spacial score (nSPS) is 14.9. The number of aromatic carboxylic acids is 1. The van der Waals surface area contributed by atoms with Gasteiger partial charge in [0.15, 0.2) is 0 Å². The van der Waals surface area contributed by atoms with E-state index in [-0.39, 0.29) is 41.0 Å². The molecule has 0 aliphatic carbocycles. The number of anilines is 1. The minimum absolute atomic E-state index is 0. The Bertz CT molecular complexity index is 762. The second-order valence-electron chi connectivity index (χ2n) is 6.04. The number of carboxylic acid groups (broad SMARTS) is 1. The molecule has 25 heavy (non-hydrogen) atoms. The van der Waals surface area contributed by atoms with Gasteiger partial charge in [0.25, 0.3) is 0 Å². The first-order valence-electron chi connectivity index (χ1n) is 7.93. The van der Waals surface area contributed by atoms with E-state index in [4.69, 9.17) is 0 Å². The van der Waals surface area contributed by atoms with Gasteiger partial charge in [-0.2, -0.15) is 0 Å². The number of benzene rings is 2. The third-order valence-corrected chi connectivity index (χ3v) is 4.29. The van der Waals surface area contributed by atoms with E-state index >= 15 is 0 Å². The van der Waals surface area contributed by atoms with Crippen molar-refractivity contribution in [3.8, 4) is 0 Å². The number of rotatable bonds is 4. The van der Waals surface area contributed by atoms with Crippen molar-refractivity contribution in [2.24, 2.45) is 0 Å². The van der Waals surface area contributed by atoms with Crippen molar-refractivity contribution in [1.29, 1.82) is 0 Å². The smallest absolute Gasteiger partial charge is 0.545 e. The molecule has 5 nitrogen and oxygen atoms in total. The first-order valence-corrected chi connectivity index (χ1v) is 7.93. The summed E-state index contributed by atoms with van der Waals surface area (Å²) >= 11 is 0. The van der Waals surface area contributed by atoms with Crippen molar-refractivity contribution < 1.29 is 44.3 Å². The predicted octanol–water partition coefficient (Wildman–Crippen LogP) is -1.44. The van der Waals surface area contributed by atoms with Gasteiger partial charge in [-0.25, -0.2) is 0 Å². The second-order valence-corrected chi connectivity index (χ2v) is 6.04. The first-order chi connectivity index (χ1) is 11.5. The van der Waals surface area contributed by atoms with Crippen LogP contribution in [-0.4, -0.2) is 30.0 Å². The van der Waals surface area contributed by atoms with E-state index in [1.165, 1.54) is 0 Å². The van der Waals surface area contributed by atoms with Crippen molar-refractivity contribution in [3.63, 3.8) is 0 Å². The van der Waals surface area contributed by atoms with Gasteiger partial charge in [0, 0.05) is 25.2 Å². The first kappa shape index (κ1) is 19.7. The predicted molar refractivity (Wildman–Crippen MR) is 89.3 cm³/mol. The molecule has 1 saturated heterocycles. The summed E-state index contributed by atoms with van der Waals surface area (Å²) in [4.78, 5) is 27.1. The molecular formula is C19H19N2NaO3.